The van der Waals surface area contributed by atoms with E-state index in [1.54, 1.807) is 11.3 Å². The number of thiophene rings is 1. The summed E-state index contributed by atoms with van der Waals surface area (Å²) in [6, 6.07) is 0. The van der Waals surface area contributed by atoms with Gasteiger partial charge in [0.1, 0.15) is 12.7 Å². The normalized spacial score (nSPS) is 20.5. The van der Waals surface area contributed by atoms with Gasteiger partial charge >= 0.3 is 0 Å². The summed E-state index contributed by atoms with van der Waals surface area (Å²) in [5.74, 6) is 1.75. The van der Waals surface area contributed by atoms with Crippen molar-refractivity contribution >= 4 is 11.3 Å². The summed E-state index contributed by atoms with van der Waals surface area (Å²) in [5, 5.41) is 3.92. The smallest absolute Gasteiger partial charge is 0.172 e. The Labute approximate surface area is 75.4 Å². The van der Waals surface area contributed by atoms with Gasteiger partial charge in [-0.05, 0) is 0 Å². The van der Waals surface area contributed by atoms with Gasteiger partial charge < -0.3 is 9.47 Å². The van der Waals surface area contributed by atoms with Crippen LogP contribution in [0.4, 0.5) is 0 Å². The molecule has 2 heterocycles. The van der Waals surface area contributed by atoms with E-state index in [4.69, 9.17) is 9.47 Å². The Hall–Kier alpha value is -0.960. The van der Waals surface area contributed by atoms with E-state index in [1.807, 2.05) is 16.8 Å². The molecule has 0 aliphatic carbocycles. The van der Waals surface area contributed by atoms with Crippen LogP contribution in [0.25, 0.3) is 0 Å². The lowest BCUT2D eigenvalue weighted by atomic mass is 10.2. The van der Waals surface area contributed by atoms with E-state index in [9.17, 15) is 0 Å². The Bertz CT molecular complexity index is 280. The zero-order valence-corrected chi connectivity index (χ0v) is 7.47. The van der Waals surface area contributed by atoms with Gasteiger partial charge in [-0.3, -0.25) is 0 Å². The highest BCUT2D eigenvalue weighted by Gasteiger charge is 2.19. The summed E-state index contributed by atoms with van der Waals surface area (Å²) in [4.78, 5) is 0. The number of rotatable bonds is 2. The SMILES string of the molecule is C=CCC1COc2cscc2O1. The Morgan fingerprint density at radius 2 is 2.42 bits per heavy atom. The molecule has 0 bridgehead atoms. The van der Waals surface area contributed by atoms with Gasteiger partial charge in [-0.1, -0.05) is 6.08 Å². The van der Waals surface area contributed by atoms with Crippen molar-refractivity contribution in [1.29, 1.82) is 0 Å². The van der Waals surface area contributed by atoms with Gasteiger partial charge in [0, 0.05) is 17.2 Å². The van der Waals surface area contributed by atoms with Crippen LogP contribution in [0.15, 0.2) is 23.4 Å². The molecule has 0 saturated carbocycles. The van der Waals surface area contributed by atoms with E-state index < -0.39 is 0 Å². The van der Waals surface area contributed by atoms with Gasteiger partial charge in [0.25, 0.3) is 0 Å². The maximum atomic E-state index is 5.63. The summed E-state index contributed by atoms with van der Waals surface area (Å²) in [5.41, 5.74) is 0. The minimum Gasteiger partial charge on any atom is -0.485 e. The molecule has 1 unspecified atom stereocenters. The third-order valence-corrected chi connectivity index (χ3v) is 2.44. The minimum absolute atomic E-state index is 0.143. The predicted molar refractivity (Wildman–Crippen MR) is 49.0 cm³/mol. The third-order valence-electron chi connectivity index (χ3n) is 1.74. The number of hydrogen-bond acceptors (Lipinski definition) is 3. The van der Waals surface area contributed by atoms with Crippen molar-refractivity contribution in [3.05, 3.63) is 23.4 Å². The summed E-state index contributed by atoms with van der Waals surface area (Å²) in [6.07, 6.45) is 2.84. The summed E-state index contributed by atoms with van der Waals surface area (Å²) < 4.78 is 11.1. The zero-order valence-electron chi connectivity index (χ0n) is 6.66. The predicted octanol–water partition coefficient (Wildman–Crippen LogP) is 2.46. The average molecular weight is 182 g/mol. The quantitative estimate of drug-likeness (QED) is 0.654. The van der Waals surface area contributed by atoms with E-state index in [0.29, 0.717) is 6.61 Å². The van der Waals surface area contributed by atoms with E-state index in [-0.39, 0.29) is 6.10 Å². The summed E-state index contributed by atoms with van der Waals surface area (Å²) in [7, 11) is 0. The molecular weight excluding hydrogens is 172 g/mol. The molecule has 0 radical (unpaired) electrons. The number of ether oxygens (including phenoxy) is 2. The van der Waals surface area contributed by atoms with Crippen molar-refractivity contribution in [2.45, 2.75) is 12.5 Å². The number of hydrogen-bond donors (Lipinski definition) is 0. The van der Waals surface area contributed by atoms with E-state index in [0.717, 1.165) is 17.9 Å². The second-order valence-electron chi connectivity index (χ2n) is 2.68. The topological polar surface area (TPSA) is 18.5 Å². The van der Waals surface area contributed by atoms with E-state index >= 15 is 0 Å². The Morgan fingerprint density at radius 1 is 1.58 bits per heavy atom. The second-order valence-corrected chi connectivity index (χ2v) is 3.42. The molecule has 1 aliphatic heterocycles. The van der Waals surface area contributed by atoms with Crippen LogP contribution in [0.1, 0.15) is 6.42 Å². The molecule has 0 aromatic carbocycles. The lowest BCUT2D eigenvalue weighted by Crippen LogP contribution is -2.27. The van der Waals surface area contributed by atoms with Gasteiger partial charge in [0.15, 0.2) is 11.5 Å². The first-order valence-electron chi connectivity index (χ1n) is 3.86. The first-order chi connectivity index (χ1) is 5.90. The van der Waals surface area contributed by atoms with Crippen molar-refractivity contribution in [2.75, 3.05) is 6.61 Å². The first-order valence-corrected chi connectivity index (χ1v) is 4.81. The van der Waals surface area contributed by atoms with Crippen LogP contribution >= 0.6 is 11.3 Å². The van der Waals surface area contributed by atoms with Crippen LogP contribution in [0, 0.1) is 0 Å². The molecule has 1 aromatic heterocycles. The van der Waals surface area contributed by atoms with Crippen LogP contribution < -0.4 is 9.47 Å². The molecule has 1 aromatic rings. The van der Waals surface area contributed by atoms with E-state index in [2.05, 4.69) is 6.58 Å². The molecule has 0 fully saturated rings. The first kappa shape index (κ1) is 7.68. The third kappa shape index (κ3) is 1.32. The largest absolute Gasteiger partial charge is 0.485 e. The number of fused-ring (bicyclic) bond motifs is 1. The molecule has 1 atom stereocenters. The minimum atomic E-state index is 0.143. The highest BCUT2D eigenvalue weighted by Crippen LogP contribution is 2.35. The Morgan fingerprint density at radius 3 is 3.25 bits per heavy atom. The van der Waals surface area contributed by atoms with Crippen LogP contribution in [0.2, 0.25) is 0 Å². The molecule has 3 heteroatoms. The van der Waals surface area contributed by atoms with Crippen molar-refractivity contribution in [1.82, 2.24) is 0 Å². The molecule has 0 N–H and O–H groups in total. The fourth-order valence-electron chi connectivity index (χ4n) is 1.16. The second kappa shape index (κ2) is 3.19. The highest BCUT2D eigenvalue weighted by atomic mass is 32.1. The van der Waals surface area contributed by atoms with Crippen molar-refractivity contribution in [2.24, 2.45) is 0 Å². The van der Waals surface area contributed by atoms with Gasteiger partial charge in [-0.25, -0.2) is 0 Å². The molecule has 64 valence electrons. The van der Waals surface area contributed by atoms with Crippen molar-refractivity contribution < 1.29 is 9.47 Å². The van der Waals surface area contributed by atoms with Crippen LogP contribution in [-0.2, 0) is 0 Å². The molecular formula is C9H10O2S. The van der Waals surface area contributed by atoms with Crippen molar-refractivity contribution in [3.8, 4) is 11.5 Å². The van der Waals surface area contributed by atoms with Crippen LogP contribution in [0.3, 0.4) is 0 Å². The highest BCUT2D eigenvalue weighted by molar-refractivity contribution is 7.08. The maximum Gasteiger partial charge on any atom is 0.172 e. The molecule has 2 nitrogen and oxygen atoms in total. The van der Waals surface area contributed by atoms with Crippen LogP contribution in [0.5, 0.6) is 11.5 Å². The van der Waals surface area contributed by atoms with Gasteiger partial charge in [-0.2, -0.15) is 0 Å². The lowest BCUT2D eigenvalue weighted by Gasteiger charge is -2.23. The molecule has 0 amide bonds. The zero-order chi connectivity index (χ0) is 8.39. The standard InChI is InChI=1S/C9H10O2S/c1-2-3-7-4-10-8-5-12-6-9(8)11-7/h2,5-7H,1,3-4H2. The average Bonchev–Trinajstić information content (AvgIpc) is 2.51. The van der Waals surface area contributed by atoms with Gasteiger partial charge in [-0.15, -0.1) is 17.9 Å². The molecule has 12 heavy (non-hydrogen) atoms. The molecule has 0 spiro atoms. The molecule has 0 saturated heterocycles. The monoisotopic (exact) mass is 182 g/mol. The van der Waals surface area contributed by atoms with E-state index in [1.165, 1.54) is 0 Å². The molecule has 2 rings (SSSR count). The summed E-state index contributed by atoms with van der Waals surface area (Å²) >= 11 is 1.60. The Balaban J connectivity index is 2.09. The summed E-state index contributed by atoms with van der Waals surface area (Å²) in [6.45, 7) is 4.30. The molecule has 1 aliphatic rings. The lowest BCUT2D eigenvalue weighted by molar-refractivity contribution is 0.0946. The Kier molecular flexibility index (Phi) is 2.04. The van der Waals surface area contributed by atoms with Gasteiger partial charge in [0.05, 0.1) is 0 Å². The van der Waals surface area contributed by atoms with Crippen molar-refractivity contribution in [3.63, 3.8) is 0 Å². The van der Waals surface area contributed by atoms with Gasteiger partial charge in [0.2, 0.25) is 0 Å². The fraction of sp³-hybridized carbons (Fsp3) is 0.333. The maximum absolute atomic E-state index is 5.63. The van der Waals surface area contributed by atoms with Crippen LogP contribution in [-0.4, -0.2) is 12.7 Å². The fourth-order valence-corrected chi connectivity index (χ4v) is 1.83.